The number of nitrogens with zero attached hydrogens (tertiary/aromatic N) is 1. The molecule has 2 aromatic carbocycles. The van der Waals surface area contributed by atoms with E-state index in [9.17, 15) is 14.9 Å². The summed E-state index contributed by atoms with van der Waals surface area (Å²) in [5.41, 5.74) is 3.46. The first-order valence-corrected chi connectivity index (χ1v) is 12.5. The van der Waals surface area contributed by atoms with Crippen molar-refractivity contribution in [2.75, 3.05) is 23.5 Å². The molecule has 9 heteroatoms. The molecule has 1 aliphatic rings. The summed E-state index contributed by atoms with van der Waals surface area (Å²) >= 11 is 1.19. The molecular formula is C28H26N4O4S. The maximum atomic E-state index is 13.5. The van der Waals surface area contributed by atoms with Crippen LogP contribution in [-0.2, 0) is 9.59 Å². The molecule has 0 saturated carbocycles. The van der Waals surface area contributed by atoms with Crippen molar-refractivity contribution in [3.05, 3.63) is 100 Å². The van der Waals surface area contributed by atoms with E-state index in [1.807, 2.05) is 31.2 Å². The van der Waals surface area contributed by atoms with Crippen LogP contribution in [0.1, 0.15) is 24.2 Å². The highest BCUT2D eigenvalue weighted by atomic mass is 32.2. The number of ether oxygens (including phenoxy) is 1. The molecule has 3 aromatic rings. The molecule has 0 bridgehead atoms. The Morgan fingerprint density at radius 1 is 1.11 bits per heavy atom. The number of anilines is 2. The van der Waals surface area contributed by atoms with Gasteiger partial charge < -0.3 is 25.1 Å². The summed E-state index contributed by atoms with van der Waals surface area (Å²) in [7, 11) is 1.56. The quantitative estimate of drug-likeness (QED) is 0.373. The number of thioether (sulfide) groups is 1. The Hall–Kier alpha value is -4.42. The van der Waals surface area contributed by atoms with E-state index in [0.29, 0.717) is 44.8 Å². The summed E-state index contributed by atoms with van der Waals surface area (Å²) in [5.74, 6) is -0.168. The first-order valence-electron chi connectivity index (χ1n) is 11.5. The van der Waals surface area contributed by atoms with Gasteiger partial charge in [-0.3, -0.25) is 9.59 Å². The number of hydrogen-bond donors (Lipinski definition) is 3. The fourth-order valence-electron chi connectivity index (χ4n) is 4.01. The maximum Gasteiger partial charge on any atom is 0.254 e. The largest absolute Gasteiger partial charge is 0.497 e. The van der Waals surface area contributed by atoms with E-state index in [0.717, 1.165) is 5.56 Å². The van der Waals surface area contributed by atoms with Gasteiger partial charge in [0.15, 0.2) is 0 Å². The van der Waals surface area contributed by atoms with Gasteiger partial charge in [-0.05, 0) is 49.7 Å². The number of carbonyl (C=O) groups is 2. The molecule has 0 spiro atoms. The van der Waals surface area contributed by atoms with Crippen LogP contribution in [0, 0.1) is 18.3 Å². The van der Waals surface area contributed by atoms with Crippen molar-refractivity contribution < 1.29 is 18.7 Å². The minimum atomic E-state index is -0.728. The van der Waals surface area contributed by atoms with Crippen LogP contribution >= 0.6 is 11.8 Å². The molecule has 2 heterocycles. The zero-order valence-electron chi connectivity index (χ0n) is 20.6. The number of methoxy groups -OCH3 is 1. The summed E-state index contributed by atoms with van der Waals surface area (Å²) in [6.07, 6.45) is 1.51. The Kier molecular flexibility index (Phi) is 8.01. The normalized spacial score (nSPS) is 15.0. The van der Waals surface area contributed by atoms with E-state index in [2.05, 4.69) is 22.0 Å². The Labute approximate surface area is 219 Å². The number of carbonyl (C=O) groups excluding carboxylic acids is 2. The molecule has 1 unspecified atom stereocenters. The predicted molar refractivity (Wildman–Crippen MR) is 144 cm³/mol. The third-order valence-corrected chi connectivity index (χ3v) is 6.83. The highest BCUT2D eigenvalue weighted by Gasteiger charge is 2.36. The van der Waals surface area contributed by atoms with Crippen molar-refractivity contribution in [1.82, 2.24) is 5.32 Å². The van der Waals surface area contributed by atoms with Crippen molar-refractivity contribution in [1.29, 1.82) is 5.26 Å². The zero-order chi connectivity index (χ0) is 26.4. The van der Waals surface area contributed by atoms with Crippen LogP contribution in [0.2, 0.25) is 0 Å². The molecule has 4 rings (SSSR count). The Morgan fingerprint density at radius 2 is 1.92 bits per heavy atom. The van der Waals surface area contributed by atoms with Crippen LogP contribution in [0.25, 0.3) is 0 Å². The lowest BCUT2D eigenvalue weighted by molar-refractivity contribution is -0.114. The Bertz CT molecular complexity index is 1420. The smallest absolute Gasteiger partial charge is 0.254 e. The van der Waals surface area contributed by atoms with Gasteiger partial charge in [0.05, 0.1) is 47.3 Å². The highest BCUT2D eigenvalue weighted by molar-refractivity contribution is 8.03. The number of benzene rings is 2. The summed E-state index contributed by atoms with van der Waals surface area (Å²) in [6, 6.07) is 20.2. The van der Waals surface area contributed by atoms with Crippen LogP contribution in [0.15, 0.2) is 93.2 Å². The molecule has 1 aliphatic heterocycles. The van der Waals surface area contributed by atoms with Crippen LogP contribution in [-0.4, -0.2) is 24.7 Å². The summed E-state index contributed by atoms with van der Waals surface area (Å²) < 4.78 is 10.9. The molecule has 0 fully saturated rings. The van der Waals surface area contributed by atoms with E-state index >= 15 is 0 Å². The van der Waals surface area contributed by atoms with Gasteiger partial charge in [-0.1, -0.05) is 36.0 Å². The topological polar surface area (TPSA) is 116 Å². The summed E-state index contributed by atoms with van der Waals surface area (Å²) in [5, 5.41) is 19.6. The highest BCUT2D eigenvalue weighted by Crippen LogP contribution is 2.41. The number of dihydropyridines is 1. The van der Waals surface area contributed by atoms with Crippen LogP contribution in [0.3, 0.4) is 0 Å². The number of hydrogen-bond acceptors (Lipinski definition) is 7. The number of furan rings is 1. The monoisotopic (exact) mass is 514 g/mol. The fourth-order valence-corrected chi connectivity index (χ4v) is 4.90. The molecular weight excluding hydrogens is 488 g/mol. The van der Waals surface area contributed by atoms with Crippen molar-refractivity contribution in [2.24, 2.45) is 0 Å². The molecule has 37 heavy (non-hydrogen) atoms. The fraction of sp³-hybridized carbons (Fsp3) is 0.179. The second kappa shape index (κ2) is 11.5. The van der Waals surface area contributed by atoms with E-state index in [4.69, 9.17) is 9.15 Å². The number of rotatable bonds is 8. The lowest BCUT2D eigenvalue weighted by Gasteiger charge is -2.28. The van der Waals surface area contributed by atoms with Crippen molar-refractivity contribution in [3.8, 4) is 11.8 Å². The summed E-state index contributed by atoms with van der Waals surface area (Å²) in [6.45, 7) is 3.68. The van der Waals surface area contributed by atoms with Gasteiger partial charge in [0.2, 0.25) is 5.91 Å². The SMILES string of the molecule is COc1cccc(NC(=O)CSC2=C(C#N)C(c3ccco3)C(C(=O)Nc3ccccc3C)=C(C)N2)c1. The molecule has 0 aliphatic carbocycles. The van der Waals surface area contributed by atoms with E-state index in [1.165, 1.54) is 18.0 Å². The molecule has 1 aromatic heterocycles. The molecule has 3 N–H and O–H groups in total. The number of para-hydroxylation sites is 1. The van der Waals surface area contributed by atoms with Crippen molar-refractivity contribution in [3.63, 3.8) is 0 Å². The maximum absolute atomic E-state index is 13.5. The van der Waals surface area contributed by atoms with Gasteiger partial charge in [0, 0.05) is 23.1 Å². The predicted octanol–water partition coefficient (Wildman–Crippen LogP) is 5.30. The number of aryl methyl sites for hydroxylation is 1. The average molecular weight is 515 g/mol. The molecule has 0 radical (unpaired) electrons. The number of nitrogens with one attached hydrogen (secondary N) is 3. The molecule has 8 nitrogen and oxygen atoms in total. The standard InChI is InChI=1S/C28H26N4O4S/c1-17-8-4-5-11-22(17)32-27(34)25-18(2)30-28(21(15-29)26(25)23-12-7-13-36-23)37-16-24(33)31-19-9-6-10-20(14-19)35-3/h4-14,26,30H,16H2,1-3H3,(H,31,33)(H,32,34). The number of nitriles is 1. The third-order valence-electron chi connectivity index (χ3n) is 5.81. The minimum absolute atomic E-state index is 0.0492. The Morgan fingerprint density at radius 3 is 2.62 bits per heavy atom. The Balaban J connectivity index is 1.57. The number of allylic oxidation sites excluding steroid dienone is 2. The van der Waals surface area contributed by atoms with Crippen molar-refractivity contribution >= 4 is 35.0 Å². The first kappa shape index (κ1) is 25.7. The number of amides is 2. The average Bonchev–Trinajstić information content (AvgIpc) is 3.43. The van der Waals surface area contributed by atoms with Crippen LogP contribution in [0.4, 0.5) is 11.4 Å². The van der Waals surface area contributed by atoms with Crippen LogP contribution < -0.4 is 20.7 Å². The summed E-state index contributed by atoms with van der Waals surface area (Å²) in [4.78, 5) is 26.1. The van der Waals surface area contributed by atoms with Gasteiger partial charge in [0.25, 0.3) is 5.91 Å². The van der Waals surface area contributed by atoms with Gasteiger partial charge in [-0.15, -0.1) is 0 Å². The van der Waals surface area contributed by atoms with Gasteiger partial charge in [-0.2, -0.15) is 5.26 Å². The van der Waals surface area contributed by atoms with E-state index < -0.39 is 5.92 Å². The zero-order valence-corrected chi connectivity index (χ0v) is 21.4. The lowest BCUT2D eigenvalue weighted by Crippen LogP contribution is -2.31. The van der Waals surface area contributed by atoms with Gasteiger partial charge in [0.1, 0.15) is 11.5 Å². The molecule has 2 amide bonds. The molecule has 1 atom stereocenters. The van der Waals surface area contributed by atoms with Gasteiger partial charge in [-0.25, -0.2) is 0 Å². The first-order chi connectivity index (χ1) is 17.9. The van der Waals surface area contributed by atoms with E-state index in [1.54, 1.807) is 50.4 Å². The molecule has 0 saturated heterocycles. The third kappa shape index (κ3) is 5.88. The van der Waals surface area contributed by atoms with Crippen molar-refractivity contribution in [2.45, 2.75) is 19.8 Å². The minimum Gasteiger partial charge on any atom is -0.497 e. The van der Waals surface area contributed by atoms with Gasteiger partial charge >= 0.3 is 0 Å². The van der Waals surface area contributed by atoms with E-state index in [-0.39, 0.29) is 17.6 Å². The second-order valence-corrected chi connectivity index (χ2v) is 9.29. The second-order valence-electron chi connectivity index (χ2n) is 8.30. The van der Waals surface area contributed by atoms with Crippen LogP contribution in [0.5, 0.6) is 5.75 Å². The molecule has 188 valence electrons. The lowest BCUT2D eigenvalue weighted by atomic mass is 9.85.